The van der Waals surface area contributed by atoms with Gasteiger partial charge in [0.2, 0.25) is 0 Å². The molecule has 0 bridgehead atoms. The molecule has 7 heteroatoms. The van der Waals surface area contributed by atoms with Crippen LogP contribution in [0.3, 0.4) is 0 Å². The van der Waals surface area contributed by atoms with E-state index in [1.54, 1.807) is 6.92 Å². The third-order valence-corrected chi connectivity index (χ3v) is 3.33. The van der Waals surface area contributed by atoms with E-state index in [0.29, 0.717) is 6.54 Å². The smallest absolute Gasteiger partial charge is 0.325 e. The highest BCUT2D eigenvalue weighted by Gasteiger charge is 2.26. The Morgan fingerprint density at radius 3 is 2.30 bits per heavy atom. The maximum absolute atomic E-state index is 12.2. The topological polar surface area (TPSA) is 87.7 Å². The van der Waals surface area contributed by atoms with Gasteiger partial charge in [-0.15, -0.1) is 0 Å². The maximum atomic E-state index is 12.2. The van der Waals surface area contributed by atoms with Crippen LogP contribution in [0, 0.1) is 12.8 Å². The lowest BCUT2D eigenvalue weighted by atomic mass is 10.1. The van der Waals surface area contributed by atoms with Crippen molar-refractivity contribution in [3.63, 3.8) is 0 Å². The fourth-order valence-corrected chi connectivity index (χ4v) is 1.92. The highest BCUT2D eigenvalue weighted by Crippen LogP contribution is 2.06. The molecule has 126 valence electrons. The summed E-state index contributed by atoms with van der Waals surface area (Å²) in [5.74, 6) is -1.09. The van der Waals surface area contributed by atoms with Gasteiger partial charge in [-0.05, 0) is 12.5 Å². The number of hydrogen-bond acceptors (Lipinski definition) is 4. The summed E-state index contributed by atoms with van der Waals surface area (Å²) in [5, 5.41) is 5.06. The third kappa shape index (κ3) is 5.61. The summed E-state index contributed by atoms with van der Waals surface area (Å²) in [5.41, 5.74) is 2.04. The molecule has 7 nitrogen and oxygen atoms in total. The monoisotopic (exact) mass is 321 g/mol. The average molecular weight is 321 g/mol. The molecule has 0 aliphatic rings. The summed E-state index contributed by atoms with van der Waals surface area (Å²) in [4.78, 5) is 36.5. The van der Waals surface area contributed by atoms with Crippen molar-refractivity contribution in [3.05, 3.63) is 35.4 Å². The summed E-state index contributed by atoms with van der Waals surface area (Å²) in [7, 11) is 2.69. The number of ether oxygens (including phenoxy) is 1. The first-order chi connectivity index (χ1) is 10.9. The minimum Gasteiger partial charge on any atom is -0.469 e. The molecule has 4 amide bonds. The van der Waals surface area contributed by atoms with Crippen LogP contribution >= 0.6 is 0 Å². The average Bonchev–Trinajstić information content (AvgIpc) is 2.57. The first-order valence-electron chi connectivity index (χ1n) is 7.29. The Bertz CT molecular complexity index is 557. The number of amides is 4. The predicted molar refractivity (Wildman–Crippen MR) is 85.8 cm³/mol. The van der Waals surface area contributed by atoms with Gasteiger partial charge in [-0.25, -0.2) is 14.5 Å². The molecule has 1 aromatic carbocycles. The lowest BCUT2D eigenvalue weighted by Gasteiger charge is -2.23. The van der Waals surface area contributed by atoms with E-state index >= 15 is 0 Å². The molecule has 2 N–H and O–H groups in total. The molecular weight excluding hydrogens is 298 g/mol. The summed E-state index contributed by atoms with van der Waals surface area (Å²) in [6, 6.07) is 6.53. The number of carbonyl (C=O) groups excluding carboxylic acids is 3. The van der Waals surface area contributed by atoms with Crippen LogP contribution < -0.4 is 10.6 Å². The molecule has 0 aromatic heterocycles. The molecule has 0 aliphatic heterocycles. The summed E-state index contributed by atoms with van der Waals surface area (Å²) in [6.07, 6.45) is 0. The molecule has 23 heavy (non-hydrogen) atoms. The van der Waals surface area contributed by atoms with E-state index < -0.39 is 23.9 Å². The van der Waals surface area contributed by atoms with Gasteiger partial charge in [0.25, 0.3) is 0 Å². The number of nitrogens with one attached hydrogen (secondary N) is 2. The van der Waals surface area contributed by atoms with Crippen LogP contribution in [0.4, 0.5) is 9.59 Å². The number of imide groups is 1. The molecule has 1 aromatic rings. The molecule has 0 unspecified atom stereocenters. The van der Waals surface area contributed by atoms with Gasteiger partial charge >= 0.3 is 18.0 Å². The van der Waals surface area contributed by atoms with Crippen LogP contribution in [0.25, 0.3) is 0 Å². The van der Waals surface area contributed by atoms with E-state index in [2.05, 4.69) is 15.4 Å². The van der Waals surface area contributed by atoms with Crippen molar-refractivity contribution in [1.82, 2.24) is 15.5 Å². The number of esters is 1. The van der Waals surface area contributed by atoms with Crippen LogP contribution in [0.1, 0.15) is 18.1 Å². The number of nitrogens with zero attached hydrogens (tertiary/aromatic N) is 1. The van der Waals surface area contributed by atoms with Gasteiger partial charge in [0, 0.05) is 20.1 Å². The van der Waals surface area contributed by atoms with Crippen molar-refractivity contribution in [2.75, 3.05) is 20.7 Å². The van der Waals surface area contributed by atoms with Crippen molar-refractivity contribution in [2.24, 2.45) is 5.92 Å². The minimum absolute atomic E-state index is 0.0634. The molecule has 0 spiro atoms. The van der Waals surface area contributed by atoms with Crippen molar-refractivity contribution < 1.29 is 19.1 Å². The molecule has 0 aliphatic carbocycles. The second kappa shape index (κ2) is 8.77. The van der Waals surface area contributed by atoms with Gasteiger partial charge in [0.15, 0.2) is 0 Å². The summed E-state index contributed by atoms with van der Waals surface area (Å²) < 4.78 is 4.62. The van der Waals surface area contributed by atoms with Gasteiger partial charge < -0.3 is 15.4 Å². The van der Waals surface area contributed by atoms with Gasteiger partial charge in [0.1, 0.15) is 0 Å². The van der Waals surface area contributed by atoms with Crippen LogP contribution in [0.15, 0.2) is 24.3 Å². The van der Waals surface area contributed by atoms with Gasteiger partial charge in [0.05, 0.1) is 13.0 Å². The first-order valence-corrected chi connectivity index (χ1v) is 7.29. The number of benzene rings is 1. The zero-order valence-electron chi connectivity index (χ0n) is 13.9. The van der Waals surface area contributed by atoms with Crippen LogP contribution in [0.2, 0.25) is 0 Å². The van der Waals surface area contributed by atoms with Gasteiger partial charge in [-0.3, -0.25) is 4.79 Å². The quantitative estimate of drug-likeness (QED) is 0.807. The highest BCUT2D eigenvalue weighted by molar-refractivity contribution is 5.93. The molecule has 0 heterocycles. The van der Waals surface area contributed by atoms with E-state index in [1.165, 1.54) is 14.2 Å². The molecule has 0 fully saturated rings. The molecule has 0 saturated heterocycles. The number of methoxy groups -OCH3 is 1. The largest absolute Gasteiger partial charge is 0.469 e. The summed E-state index contributed by atoms with van der Waals surface area (Å²) >= 11 is 0. The number of urea groups is 2. The fourth-order valence-electron chi connectivity index (χ4n) is 1.92. The van der Waals surface area contributed by atoms with E-state index in [9.17, 15) is 14.4 Å². The predicted octanol–water partition coefficient (Wildman–Crippen LogP) is 1.66. The SMILES string of the molecule is CNC(=O)N(C[C@H](C)C(=O)OC)C(=O)NCc1ccc(C)cc1. The van der Waals surface area contributed by atoms with E-state index in [0.717, 1.165) is 16.0 Å². The molecule has 0 radical (unpaired) electrons. The first kappa shape index (κ1) is 18.5. The van der Waals surface area contributed by atoms with E-state index in [1.807, 2.05) is 31.2 Å². The van der Waals surface area contributed by atoms with E-state index in [-0.39, 0.29) is 6.54 Å². The maximum Gasteiger partial charge on any atom is 0.325 e. The Morgan fingerprint density at radius 1 is 1.17 bits per heavy atom. The minimum atomic E-state index is -0.609. The Morgan fingerprint density at radius 2 is 1.78 bits per heavy atom. The second-order valence-electron chi connectivity index (χ2n) is 5.23. The summed E-state index contributed by atoms with van der Waals surface area (Å²) in [6.45, 7) is 3.80. The van der Waals surface area contributed by atoms with Gasteiger partial charge in [-0.2, -0.15) is 0 Å². The molecular formula is C16H23N3O4. The van der Waals surface area contributed by atoms with Crippen LogP contribution in [-0.2, 0) is 16.1 Å². The normalized spacial score (nSPS) is 11.3. The van der Waals surface area contributed by atoms with Crippen molar-refractivity contribution in [1.29, 1.82) is 0 Å². The van der Waals surface area contributed by atoms with Crippen LogP contribution in [0.5, 0.6) is 0 Å². The number of hydrogen-bond donors (Lipinski definition) is 2. The van der Waals surface area contributed by atoms with Gasteiger partial charge in [-0.1, -0.05) is 36.8 Å². The van der Waals surface area contributed by atoms with Crippen LogP contribution in [-0.4, -0.2) is 43.6 Å². The Labute approximate surface area is 136 Å². The Hall–Kier alpha value is -2.57. The van der Waals surface area contributed by atoms with Crippen molar-refractivity contribution in [2.45, 2.75) is 20.4 Å². The zero-order chi connectivity index (χ0) is 17.4. The standard InChI is InChI=1S/C16H23N3O4/c1-11-5-7-13(8-6-11)9-18-16(22)19(15(21)17-3)10-12(2)14(20)23-4/h5-8,12H,9-10H2,1-4H3,(H,17,21)(H,18,22)/t12-/m0/s1. The third-order valence-electron chi connectivity index (χ3n) is 3.33. The Kier molecular flexibility index (Phi) is 7.05. The molecule has 1 rings (SSSR count). The highest BCUT2D eigenvalue weighted by atomic mass is 16.5. The second-order valence-corrected chi connectivity index (χ2v) is 5.23. The van der Waals surface area contributed by atoms with Crippen molar-refractivity contribution in [3.8, 4) is 0 Å². The molecule has 0 saturated carbocycles. The fraction of sp³-hybridized carbons (Fsp3) is 0.438. The number of aryl methyl sites for hydroxylation is 1. The number of rotatable bonds is 5. The lowest BCUT2D eigenvalue weighted by Crippen LogP contribution is -2.49. The van der Waals surface area contributed by atoms with Crippen molar-refractivity contribution >= 4 is 18.0 Å². The number of carbonyl (C=O) groups is 3. The lowest BCUT2D eigenvalue weighted by molar-refractivity contribution is -0.144. The Balaban J connectivity index is 2.70. The van der Waals surface area contributed by atoms with E-state index in [4.69, 9.17) is 0 Å². The zero-order valence-corrected chi connectivity index (χ0v) is 13.9. The molecule has 1 atom stereocenters.